The molecule has 220 valence electrons. The Hall–Kier alpha value is -3.79. The number of likely N-dealkylation sites (tertiary alicyclic amines) is 1. The van der Waals surface area contributed by atoms with Gasteiger partial charge in [-0.05, 0) is 68.3 Å². The van der Waals surface area contributed by atoms with E-state index in [9.17, 15) is 14.4 Å². The molecule has 2 fully saturated rings. The fourth-order valence-electron chi connectivity index (χ4n) is 5.86. The molecule has 4 amide bonds. The number of imide groups is 1. The van der Waals surface area contributed by atoms with Crippen molar-refractivity contribution in [1.82, 2.24) is 20.0 Å². The minimum Gasteiger partial charge on any atom is -0.469 e. The van der Waals surface area contributed by atoms with E-state index in [2.05, 4.69) is 17.3 Å². The van der Waals surface area contributed by atoms with Gasteiger partial charge in [0, 0.05) is 31.7 Å². The number of nitrogens with one attached hydrogen (secondary N) is 1. The normalized spacial score (nSPS) is 20.4. The monoisotopic (exact) mass is 564 g/mol. The van der Waals surface area contributed by atoms with Crippen LogP contribution in [0.4, 0.5) is 4.79 Å². The van der Waals surface area contributed by atoms with E-state index in [-0.39, 0.29) is 24.6 Å². The number of amides is 4. The van der Waals surface area contributed by atoms with Crippen LogP contribution in [0.3, 0.4) is 0 Å². The van der Waals surface area contributed by atoms with Gasteiger partial charge in [0.05, 0.1) is 6.04 Å². The summed E-state index contributed by atoms with van der Waals surface area (Å²) in [6, 6.07) is 11.8. The number of piperazine rings is 1. The zero-order valence-corrected chi connectivity index (χ0v) is 24.4. The molecule has 10 heteroatoms. The second-order valence-corrected chi connectivity index (χ2v) is 11.0. The van der Waals surface area contributed by atoms with Crippen LogP contribution in [0.2, 0.25) is 0 Å². The van der Waals surface area contributed by atoms with Gasteiger partial charge in [0.25, 0.3) is 5.91 Å². The number of benzene rings is 2. The molecule has 0 aromatic heterocycles. The highest BCUT2D eigenvalue weighted by atomic mass is 16.7. The predicted molar refractivity (Wildman–Crippen MR) is 153 cm³/mol. The van der Waals surface area contributed by atoms with Crippen LogP contribution in [0.1, 0.15) is 68.4 Å². The number of carbonyl (C=O) groups is 3. The molecule has 0 bridgehead atoms. The van der Waals surface area contributed by atoms with Crippen molar-refractivity contribution in [3.8, 4) is 17.2 Å². The van der Waals surface area contributed by atoms with Gasteiger partial charge in [-0.1, -0.05) is 33.3 Å². The zero-order valence-electron chi connectivity index (χ0n) is 24.4. The molecule has 3 aliphatic heterocycles. The van der Waals surface area contributed by atoms with Crippen molar-refractivity contribution in [1.29, 1.82) is 0 Å². The molecule has 1 unspecified atom stereocenters. The number of fused-ring (bicyclic) bond motifs is 1. The number of carbonyl (C=O) groups excluding carboxylic acids is 3. The summed E-state index contributed by atoms with van der Waals surface area (Å²) in [4.78, 5) is 45.3. The third kappa shape index (κ3) is 5.45. The maximum Gasteiger partial charge on any atom is 0.327 e. The Morgan fingerprint density at radius 3 is 2.34 bits per heavy atom. The number of nitrogens with zero attached hydrogens (tertiary/aromatic N) is 3. The van der Waals surface area contributed by atoms with Crippen molar-refractivity contribution >= 4 is 17.8 Å². The molecule has 0 spiro atoms. The molecule has 10 nitrogen and oxygen atoms in total. The quantitative estimate of drug-likeness (QED) is 0.451. The van der Waals surface area contributed by atoms with Crippen LogP contribution in [0.15, 0.2) is 42.5 Å². The molecule has 2 atom stereocenters. The molecule has 0 radical (unpaired) electrons. The van der Waals surface area contributed by atoms with Gasteiger partial charge in [-0.15, -0.1) is 0 Å². The van der Waals surface area contributed by atoms with Crippen molar-refractivity contribution in [3.05, 3.63) is 53.6 Å². The molecular formula is C31H40N4O6. The lowest BCUT2D eigenvalue weighted by molar-refractivity contribution is -0.191. The summed E-state index contributed by atoms with van der Waals surface area (Å²) in [5.74, 6) is 1.57. The third-order valence-electron chi connectivity index (χ3n) is 8.65. The Balaban J connectivity index is 1.31. The smallest absolute Gasteiger partial charge is 0.327 e. The summed E-state index contributed by atoms with van der Waals surface area (Å²) < 4.78 is 17.3. The molecule has 0 saturated carbocycles. The summed E-state index contributed by atoms with van der Waals surface area (Å²) in [6.45, 7) is 9.20. The summed E-state index contributed by atoms with van der Waals surface area (Å²) >= 11 is 0. The molecule has 41 heavy (non-hydrogen) atoms. The van der Waals surface area contributed by atoms with Gasteiger partial charge in [0.1, 0.15) is 11.2 Å². The number of hydrogen-bond acceptors (Lipinski definition) is 7. The van der Waals surface area contributed by atoms with Gasteiger partial charge in [0.2, 0.25) is 12.7 Å². The minimum absolute atomic E-state index is 0.00794. The van der Waals surface area contributed by atoms with E-state index < -0.39 is 17.7 Å². The number of likely N-dealkylation sites (N-methyl/N-ethyl adjacent to an activating group) is 1. The van der Waals surface area contributed by atoms with Crippen LogP contribution in [0.25, 0.3) is 0 Å². The molecule has 2 aromatic rings. The van der Waals surface area contributed by atoms with E-state index in [0.717, 1.165) is 25.1 Å². The summed E-state index contributed by atoms with van der Waals surface area (Å²) in [7, 11) is 2.05. The van der Waals surface area contributed by atoms with Gasteiger partial charge >= 0.3 is 6.03 Å². The summed E-state index contributed by atoms with van der Waals surface area (Å²) in [6.07, 6.45) is 1.84. The summed E-state index contributed by atoms with van der Waals surface area (Å²) in [5.41, 5.74) is 0.669. The maximum atomic E-state index is 13.6. The van der Waals surface area contributed by atoms with Crippen molar-refractivity contribution in [2.24, 2.45) is 5.41 Å². The fourth-order valence-corrected chi connectivity index (χ4v) is 5.86. The van der Waals surface area contributed by atoms with Crippen LogP contribution < -0.4 is 19.5 Å². The molecule has 0 aliphatic carbocycles. The molecule has 2 aromatic carbocycles. The first kappa shape index (κ1) is 28.7. The van der Waals surface area contributed by atoms with E-state index in [1.165, 1.54) is 4.90 Å². The SMILES string of the molecule is CCC[C@H](NC(=O)N1C(=O)C(CC)(CC)C1Oc1ccc(C(=O)N2CCN(C)CC2)cc1)c1ccc2c(c1)OCO2. The molecular weight excluding hydrogens is 524 g/mol. The van der Waals surface area contributed by atoms with Crippen LogP contribution >= 0.6 is 0 Å². The van der Waals surface area contributed by atoms with E-state index in [0.29, 0.717) is 55.2 Å². The van der Waals surface area contributed by atoms with E-state index in [4.69, 9.17) is 14.2 Å². The average Bonchev–Trinajstić information content (AvgIpc) is 3.46. The molecule has 1 N–H and O–H groups in total. The topological polar surface area (TPSA) is 101 Å². The van der Waals surface area contributed by atoms with Crippen molar-refractivity contribution in [3.63, 3.8) is 0 Å². The van der Waals surface area contributed by atoms with Gasteiger partial charge in [-0.2, -0.15) is 0 Å². The summed E-state index contributed by atoms with van der Waals surface area (Å²) in [5, 5.41) is 3.06. The van der Waals surface area contributed by atoms with E-state index in [1.54, 1.807) is 24.3 Å². The van der Waals surface area contributed by atoms with Crippen molar-refractivity contribution < 1.29 is 28.6 Å². The van der Waals surface area contributed by atoms with Crippen LogP contribution in [-0.2, 0) is 4.79 Å². The van der Waals surface area contributed by atoms with Crippen molar-refractivity contribution in [2.45, 2.75) is 58.7 Å². The largest absolute Gasteiger partial charge is 0.469 e. The standard InChI is InChI=1S/C31H40N4O6/c1-5-8-24(22-11-14-25-26(19-22)40-20-39-25)32-30(38)35-28(37)31(6-2,7-3)29(35)41-23-12-9-21(10-13-23)27(36)34-17-15-33(4)16-18-34/h9-14,19,24,29H,5-8,15-18,20H2,1-4H3,(H,32,38)/t24-,29?/m0/s1. The number of ether oxygens (including phenoxy) is 3. The number of β-lactam (4-membered cyclic amide) rings is 1. The lowest BCUT2D eigenvalue weighted by Gasteiger charge is -2.53. The number of rotatable bonds is 9. The van der Waals surface area contributed by atoms with Gasteiger partial charge < -0.3 is 29.3 Å². The number of urea groups is 1. The highest BCUT2D eigenvalue weighted by molar-refractivity contribution is 6.03. The first-order chi connectivity index (χ1) is 19.8. The zero-order chi connectivity index (χ0) is 29.1. The van der Waals surface area contributed by atoms with Crippen LogP contribution in [0.5, 0.6) is 17.2 Å². The van der Waals surface area contributed by atoms with Crippen LogP contribution in [0, 0.1) is 5.41 Å². The van der Waals surface area contributed by atoms with Crippen molar-refractivity contribution in [2.75, 3.05) is 40.0 Å². The highest BCUT2D eigenvalue weighted by Crippen LogP contribution is 2.46. The van der Waals surface area contributed by atoms with E-state index in [1.807, 2.05) is 43.9 Å². The first-order valence-electron chi connectivity index (χ1n) is 14.6. The first-order valence-corrected chi connectivity index (χ1v) is 14.6. The fraction of sp³-hybridized carbons (Fsp3) is 0.516. The van der Waals surface area contributed by atoms with Gasteiger partial charge in [-0.25, -0.2) is 9.69 Å². The Kier molecular flexibility index (Phi) is 8.40. The van der Waals surface area contributed by atoms with E-state index >= 15 is 0 Å². The highest BCUT2D eigenvalue weighted by Gasteiger charge is 2.63. The Morgan fingerprint density at radius 2 is 1.68 bits per heavy atom. The average molecular weight is 565 g/mol. The minimum atomic E-state index is -0.801. The molecule has 5 rings (SSSR count). The maximum absolute atomic E-state index is 13.6. The second-order valence-electron chi connectivity index (χ2n) is 11.0. The number of hydrogen-bond donors (Lipinski definition) is 1. The Labute approximate surface area is 241 Å². The van der Waals surface area contributed by atoms with Gasteiger partial charge in [-0.3, -0.25) is 9.59 Å². The molecule has 2 saturated heterocycles. The molecule has 3 aliphatic rings. The lowest BCUT2D eigenvalue weighted by Crippen LogP contribution is -2.73. The Morgan fingerprint density at radius 1 is 1.00 bits per heavy atom. The van der Waals surface area contributed by atoms with Crippen LogP contribution in [-0.4, -0.2) is 78.8 Å². The Bertz CT molecular complexity index is 1270. The lowest BCUT2D eigenvalue weighted by atomic mass is 9.72. The second kappa shape index (κ2) is 12.0. The molecule has 3 heterocycles. The predicted octanol–water partition coefficient (Wildman–Crippen LogP) is 4.41. The third-order valence-corrected chi connectivity index (χ3v) is 8.65. The van der Waals surface area contributed by atoms with Gasteiger partial charge in [0.15, 0.2) is 17.7 Å².